The number of methoxy groups -OCH3 is 1. The van der Waals surface area contributed by atoms with Crippen LogP contribution in [0.25, 0.3) is 0 Å². The molecule has 0 amide bonds. The smallest absolute Gasteiger partial charge is 0.373 e. The minimum absolute atomic E-state index is 0.0480. The summed E-state index contributed by atoms with van der Waals surface area (Å²) in [5.41, 5.74) is 0.0480. The molecule has 1 rings (SSSR count). The van der Waals surface area contributed by atoms with Gasteiger partial charge in [-0.1, -0.05) is 13.3 Å². The van der Waals surface area contributed by atoms with Gasteiger partial charge in [-0.25, -0.2) is 4.79 Å². The van der Waals surface area contributed by atoms with Crippen molar-refractivity contribution in [1.29, 1.82) is 0 Å². The predicted octanol–water partition coefficient (Wildman–Crippen LogP) is 3.30. The van der Waals surface area contributed by atoms with Gasteiger partial charge in [0.25, 0.3) is 0 Å². The van der Waals surface area contributed by atoms with E-state index >= 15 is 0 Å². The van der Waals surface area contributed by atoms with Crippen LogP contribution in [0.15, 0.2) is 16.5 Å². The Kier molecular flexibility index (Phi) is 4.96. The van der Waals surface area contributed by atoms with Crippen LogP contribution in [0.3, 0.4) is 0 Å². The van der Waals surface area contributed by atoms with Crippen LogP contribution < -0.4 is 5.32 Å². The molecule has 0 saturated heterocycles. The van der Waals surface area contributed by atoms with Crippen molar-refractivity contribution in [3.05, 3.63) is 23.7 Å². The standard InChI is InChI=1S/C14H23NO3/c1-6-9-14(3,4)15-10(2)11-7-8-12(18-11)13(16)17-5/h7-8,10,15H,6,9H2,1-5H3. The zero-order chi connectivity index (χ0) is 13.8. The number of hydrogen-bond acceptors (Lipinski definition) is 4. The third-order valence-electron chi connectivity index (χ3n) is 2.92. The Balaban J connectivity index is 2.70. The molecule has 4 nitrogen and oxygen atoms in total. The van der Waals surface area contributed by atoms with Gasteiger partial charge < -0.3 is 14.5 Å². The van der Waals surface area contributed by atoms with Crippen molar-refractivity contribution >= 4 is 5.97 Å². The van der Waals surface area contributed by atoms with Crippen molar-refractivity contribution < 1.29 is 13.9 Å². The van der Waals surface area contributed by atoms with E-state index in [9.17, 15) is 4.79 Å². The van der Waals surface area contributed by atoms with E-state index in [4.69, 9.17) is 4.42 Å². The molecule has 0 spiro atoms. The lowest BCUT2D eigenvalue weighted by Crippen LogP contribution is -2.40. The topological polar surface area (TPSA) is 51.5 Å². The number of rotatable bonds is 6. The van der Waals surface area contributed by atoms with Crippen LogP contribution >= 0.6 is 0 Å². The minimum atomic E-state index is -0.443. The number of ether oxygens (including phenoxy) is 1. The SMILES string of the molecule is CCCC(C)(C)NC(C)c1ccc(C(=O)OC)o1. The molecule has 0 bridgehead atoms. The van der Waals surface area contributed by atoms with E-state index in [0.717, 1.165) is 18.6 Å². The molecule has 4 heteroatoms. The lowest BCUT2D eigenvalue weighted by molar-refractivity contribution is 0.0562. The van der Waals surface area contributed by atoms with E-state index in [2.05, 4.69) is 30.8 Å². The molecule has 102 valence electrons. The van der Waals surface area contributed by atoms with E-state index in [1.807, 2.05) is 13.0 Å². The molecule has 0 saturated carbocycles. The summed E-state index contributed by atoms with van der Waals surface area (Å²) in [7, 11) is 1.34. The predicted molar refractivity (Wildman–Crippen MR) is 70.6 cm³/mol. The monoisotopic (exact) mass is 253 g/mol. The van der Waals surface area contributed by atoms with Crippen LogP contribution in [0, 0.1) is 0 Å². The minimum Gasteiger partial charge on any atom is -0.463 e. The average Bonchev–Trinajstić information content (AvgIpc) is 2.76. The van der Waals surface area contributed by atoms with Crippen LogP contribution in [0.4, 0.5) is 0 Å². The molecule has 1 atom stereocenters. The fourth-order valence-electron chi connectivity index (χ4n) is 2.15. The zero-order valence-corrected chi connectivity index (χ0v) is 11.9. The highest BCUT2D eigenvalue weighted by molar-refractivity contribution is 5.86. The van der Waals surface area contributed by atoms with Crippen molar-refractivity contribution in [3.63, 3.8) is 0 Å². The van der Waals surface area contributed by atoms with Crippen molar-refractivity contribution in [1.82, 2.24) is 5.32 Å². The normalized spacial score (nSPS) is 13.4. The molecule has 0 aromatic carbocycles. The van der Waals surface area contributed by atoms with Crippen molar-refractivity contribution in [2.75, 3.05) is 7.11 Å². The quantitative estimate of drug-likeness (QED) is 0.790. The van der Waals surface area contributed by atoms with Gasteiger partial charge in [0.05, 0.1) is 13.2 Å². The fourth-order valence-corrected chi connectivity index (χ4v) is 2.15. The van der Waals surface area contributed by atoms with Gasteiger partial charge in [0.1, 0.15) is 5.76 Å². The Morgan fingerprint density at radius 3 is 2.72 bits per heavy atom. The Bertz CT molecular complexity index is 395. The summed E-state index contributed by atoms with van der Waals surface area (Å²) in [6.45, 7) is 8.52. The second kappa shape index (κ2) is 6.05. The molecular weight excluding hydrogens is 230 g/mol. The number of carbonyl (C=O) groups excluding carboxylic acids is 1. The molecule has 0 aliphatic rings. The molecule has 1 aromatic rings. The molecule has 1 aromatic heterocycles. The molecule has 0 aliphatic heterocycles. The van der Waals surface area contributed by atoms with Gasteiger partial charge in [0, 0.05) is 5.54 Å². The molecule has 0 fully saturated rings. The van der Waals surface area contributed by atoms with Gasteiger partial charge in [0.2, 0.25) is 5.76 Å². The maximum atomic E-state index is 11.3. The van der Waals surface area contributed by atoms with Crippen LogP contribution in [-0.4, -0.2) is 18.6 Å². The second-order valence-corrected chi connectivity index (χ2v) is 5.19. The van der Waals surface area contributed by atoms with E-state index < -0.39 is 5.97 Å². The third-order valence-corrected chi connectivity index (χ3v) is 2.92. The maximum Gasteiger partial charge on any atom is 0.373 e. The maximum absolute atomic E-state index is 11.3. The first-order valence-electron chi connectivity index (χ1n) is 6.35. The molecule has 0 radical (unpaired) electrons. The van der Waals surface area contributed by atoms with Gasteiger partial charge in [-0.05, 0) is 39.3 Å². The van der Waals surface area contributed by atoms with E-state index in [1.54, 1.807) is 6.07 Å². The first-order chi connectivity index (χ1) is 8.39. The summed E-state index contributed by atoms with van der Waals surface area (Å²) in [6, 6.07) is 3.52. The van der Waals surface area contributed by atoms with Gasteiger partial charge in [-0.3, -0.25) is 0 Å². The van der Waals surface area contributed by atoms with E-state index in [0.29, 0.717) is 0 Å². The van der Waals surface area contributed by atoms with Crippen molar-refractivity contribution in [2.45, 2.75) is 52.1 Å². The number of nitrogens with one attached hydrogen (secondary N) is 1. The van der Waals surface area contributed by atoms with Crippen LogP contribution in [-0.2, 0) is 4.74 Å². The van der Waals surface area contributed by atoms with Gasteiger partial charge in [-0.2, -0.15) is 0 Å². The Morgan fingerprint density at radius 1 is 1.50 bits per heavy atom. The number of carbonyl (C=O) groups is 1. The summed E-state index contributed by atoms with van der Waals surface area (Å²) in [4.78, 5) is 11.3. The zero-order valence-electron chi connectivity index (χ0n) is 11.9. The third kappa shape index (κ3) is 3.88. The molecular formula is C14H23NO3. The van der Waals surface area contributed by atoms with Crippen molar-refractivity contribution in [3.8, 4) is 0 Å². The molecule has 1 N–H and O–H groups in total. The van der Waals surface area contributed by atoms with Crippen molar-refractivity contribution in [2.24, 2.45) is 0 Å². The average molecular weight is 253 g/mol. The molecule has 0 aliphatic carbocycles. The van der Waals surface area contributed by atoms with E-state index in [1.165, 1.54) is 7.11 Å². The largest absolute Gasteiger partial charge is 0.463 e. The second-order valence-electron chi connectivity index (χ2n) is 5.19. The Hall–Kier alpha value is -1.29. The highest BCUT2D eigenvalue weighted by atomic mass is 16.5. The molecule has 18 heavy (non-hydrogen) atoms. The lowest BCUT2D eigenvalue weighted by atomic mass is 9.97. The Labute approximate surface area is 109 Å². The summed E-state index contributed by atoms with van der Waals surface area (Å²) >= 11 is 0. The van der Waals surface area contributed by atoms with Gasteiger partial charge >= 0.3 is 5.97 Å². The number of esters is 1. The highest BCUT2D eigenvalue weighted by Crippen LogP contribution is 2.21. The molecule has 1 unspecified atom stereocenters. The van der Waals surface area contributed by atoms with Gasteiger partial charge in [0.15, 0.2) is 0 Å². The van der Waals surface area contributed by atoms with Gasteiger partial charge in [-0.15, -0.1) is 0 Å². The van der Waals surface area contributed by atoms with E-state index in [-0.39, 0.29) is 17.3 Å². The summed E-state index contributed by atoms with van der Waals surface area (Å²) < 4.78 is 10.1. The first-order valence-corrected chi connectivity index (χ1v) is 6.35. The highest BCUT2D eigenvalue weighted by Gasteiger charge is 2.22. The lowest BCUT2D eigenvalue weighted by Gasteiger charge is -2.29. The van der Waals surface area contributed by atoms with Crippen LogP contribution in [0.2, 0.25) is 0 Å². The number of hydrogen-bond donors (Lipinski definition) is 1. The Morgan fingerprint density at radius 2 is 2.17 bits per heavy atom. The van der Waals surface area contributed by atoms with Crippen LogP contribution in [0.1, 0.15) is 62.9 Å². The molecule has 1 heterocycles. The van der Waals surface area contributed by atoms with Crippen LogP contribution in [0.5, 0.6) is 0 Å². The summed E-state index contributed by atoms with van der Waals surface area (Å²) in [5, 5.41) is 3.50. The first kappa shape index (κ1) is 14.8. The summed E-state index contributed by atoms with van der Waals surface area (Å²) in [5.74, 6) is 0.551. The summed E-state index contributed by atoms with van der Waals surface area (Å²) in [6.07, 6.45) is 2.21. The number of furan rings is 1. The fraction of sp³-hybridized carbons (Fsp3) is 0.643.